The van der Waals surface area contributed by atoms with Crippen molar-refractivity contribution < 1.29 is 9.53 Å². The van der Waals surface area contributed by atoms with E-state index in [1.165, 1.54) is 19.2 Å². The van der Waals surface area contributed by atoms with Gasteiger partial charge in [-0.25, -0.2) is 0 Å². The van der Waals surface area contributed by atoms with E-state index in [0.29, 0.717) is 32.7 Å². The van der Waals surface area contributed by atoms with Gasteiger partial charge in [-0.2, -0.15) is 0 Å². The van der Waals surface area contributed by atoms with E-state index in [-0.39, 0.29) is 5.91 Å². The van der Waals surface area contributed by atoms with Crippen LogP contribution in [0.3, 0.4) is 0 Å². The Hall–Kier alpha value is -1.91. The average molecular weight is 311 g/mol. The van der Waals surface area contributed by atoms with Crippen LogP contribution in [0.15, 0.2) is 36.4 Å². The van der Waals surface area contributed by atoms with Crippen LogP contribution in [0.5, 0.6) is 5.75 Å². The summed E-state index contributed by atoms with van der Waals surface area (Å²) in [7, 11) is 1.54. The van der Waals surface area contributed by atoms with Gasteiger partial charge in [0.2, 0.25) is 0 Å². The Morgan fingerprint density at radius 2 is 1.95 bits per heavy atom. The van der Waals surface area contributed by atoms with E-state index in [4.69, 9.17) is 33.7 Å². The third kappa shape index (κ3) is 3.15. The molecular formula is C14H12Cl2N2O2. The van der Waals surface area contributed by atoms with Crippen LogP contribution in [0.4, 0.5) is 11.4 Å². The molecule has 0 heterocycles. The first-order valence-electron chi connectivity index (χ1n) is 5.71. The Morgan fingerprint density at radius 1 is 1.20 bits per heavy atom. The molecule has 3 N–H and O–H groups in total. The summed E-state index contributed by atoms with van der Waals surface area (Å²) < 4.78 is 5.07. The van der Waals surface area contributed by atoms with Gasteiger partial charge in [0.25, 0.3) is 5.91 Å². The molecule has 6 heteroatoms. The van der Waals surface area contributed by atoms with Gasteiger partial charge in [-0.05, 0) is 30.3 Å². The molecule has 4 nitrogen and oxygen atoms in total. The Labute approximate surface area is 126 Å². The van der Waals surface area contributed by atoms with Crippen LogP contribution < -0.4 is 15.8 Å². The molecule has 0 saturated heterocycles. The standard InChI is InChI=1S/C14H12Cl2N2O2/c1-20-9-4-2-3-8(5-9)14(19)18-13-7-10(15)12(17)6-11(13)16/h2-7H,17H2,1H3,(H,18,19). The number of methoxy groups -OCH3 is 1. The Kier molecular flexibility index (Phi) is 4.37. The molecule has 0 aromatic heterocycles. The van der Waals surface area contributed by atoms with Gasteiger partial charge in [-0.15, -0.1) is 0 Å². The molecule has 0 fully saturated rings. The van der Waals surface area contributed by atoms with Crippen molar-refractivity contribution in [1.29, 1.82) is 0 Å². The van der Waals surface area contributed by atoms with E-state index >= 15 is 0 Å². The Bertz CT molecular complexity index is 660. The lowest BCUT2D eigenvalue weighted by Crippen LogP contribution is -2.12. The minimum atomic E-state index is -0.313. The lowest BCUT2D eigenvalue weighted by atomic mass is 10.2. The SMILES string of the molecule is COc1cccc(C(=O)Nc2cc(Cl)c(N)cc2Cl)c1. The van der Waals surface area contributed by atoms with Crippen molar-refractivity contribution in [1.82, 2.24) is 0 Å². The maximum atomic E-state index is 12.1. The highest BCUT2D eigenvalue weighted by Gasteiger charge is 2.11. The lowest BCUT2D eigenvalue weighted by Gasteiger charge is -2.10. The number of nitrogens with one attached hydrogen (secondary N) is 1. The number of hydrogen-bond acceptors (Lipinski definition) is 3. The van der Waals surface area contributed by atoms with Gasteiger partial charge in [-0.1, -0.05) is 29.3 Å². The molecule has 2 aromatic carbocycles. The topological polar surface area (TPSA) is 64.3 Å². The fourth-order valence-electron chi connectivity index (χ4n) is 1.62. The van der Waals surface area contributed by atoms with Crippen LogP contribution in [-0.2, 0) is 0 Å². The lowest BCUT2D eigenvalue weighted by molar-refractivity contribution is 0.102. The molecule has 0 bridgehead atoms. The van der Waals surface area contributed by atoms with Crippen molar-refractivity contribution in [3.63, 3.8) is 0 Å². The number of ether oxygens (including phenoxy) is 1. The van der Waals surface area contributed by atoms with Crippen LogP contribution in [0.1, 0.15) is 10.4 Å². The number of carbonyl (C=O) groups is 1. The van der Waals surface area contributed by atoms with Crippen LogP contribution >= 0.6 is 23.2 Å². The second-order valence-corrected chi connectivity index (χ2v) is 4.85. The number of hydrogen-bond donors (Lipinski definition) is 2. The van der Waals surface area contributed by atoms with E-state index in [2.05, 4.69) is 5.32 Å². The van der Waals surface area contributed by atoms with Gasteiger partial charge in [0, 0.05) is 5.56 Å². The van der Waals surface area contributed by atoms with E-state index in [0.717, 1.165) is 0 Å². The van der Waals surface area contributed by atoms with Gasteiger partial charge in [0.05, 0.1) is 28.5 Å². The minimum absolute atomic E-state index is 0.313. The summed E-state index contributed by atoms with van der Waals surface area (Å²) in [5.74, 6) is 0.283. The second kappa shape index (κ2) is 6.03. The first-order chi connectivity index (χ1) is 9.51. The monoisotopic (exact) mass is 310 g/mol. The predicted octanol–water partition coefficient (Wildman–Crippen LogP) is 3.84. The van der Waals surface area contributed by atoms with Gasteiger partial charge in [-0.3, -0.25) is 4.79 Å². The summed E-state index contributed by atoms with van der Waals surface area (Å²) in [6.07, 6.45) is 0. The molecule has 1 amide bonds. The van der Waals surface area contributed by atoms with Gasteiger partial charge < -0.3 is 15.8 Å². The normalized spacial score (nSPS) is 10.2. The molecule has 0 aliphatic rings. The van der Waals surface area contributed by atoms with Crippen molar-refractivity contribution in [2.45, 2.75) is 0 Å². The zero-order valence-electron chi connectivity index (χ0n) is 10.6. The number of benzene rings is 2. The number of amides is 1. The molecule has 0 spiro atoms. The molecule has 0 aliphatic carbocycles. The minimum Gasteiger partial charge on any atom is -0.497 e. The summed E-state index contributed by atoms with van der Waals surface area (Å²) in [5, 5.41) is 3.33. The van der Waals surface area contributed by atoms with Crippen LogP contribution in [0.2, 0.25) is 10.0 Å². The van der Waals surface area contributed by atoms with E-state index in [1.807, 2.05) is 0 Å². The van der Waals surface area contributed by atoms with E-state index < -0.39 is 0 Å². The van der Waals surface area contributed by atoms with Gasteiger partial charge in [0.1, 0.15) is 5.75 Å². The van der Waals surface area contributed by atoms with Gasteiger partial charge >= 0.3 is 0 Å². The molecule has 2 aromatic rings. The van der Waals surface area contributed by atoms with Crippen molar-refractivity contribution in [3.05, 3.63) is 52.0 Å². The largest absolute Gasteiger partial charge is 0.497 e. The van der Waals surface area contributed by atoms with Crippen LogP contribution in [0, 0.1) is 0 Å². The number of nitrogens with two attached hydrogens (primary N) is 1. The molecule has 0 radical (unpaired) electrons. The first-order valence-corrected chi connectivity index (χ1v) is 6.47. The van der Waals surface area contributed by atoms with Crippen LogP contribution in [-0.4, -0.2) is 13.0 Å². The average Bonchev–Trinajstić information content (AvgIpc) is 2.44. The molecule has 2 rings (SSSR count). The van der Waals surface area contributed by atoms with Crippen molar-refractivity contribution in [2.24, 2.45) is 0 Å². The molecule has 20 heavy (non-hydrogen) atoms. The first kappa shape index (κ1) is 14.5. The molecule has 0 aliphatic heterocycles. The molecule has 104 valence electrons. The van der Waals surface area contributed by atoms with E-state index in [9.17, 15) is 4.79 Å². The highest BCUT2D eigenvalue weighted by atomic mass is 35.5. The smallest absolute Gasteiger partial charge is 0.255 e. The zero-order chi connectivity index (χ0) is 14.7. The summed E-state index contributed by atoms with van der Waals surface area (Å²) in [6, 6.07) is 9.78. The molecule has 0 saturated carbocycles. The fourth-order valence-corrected chi connectivity index (χ4v) is 2.00. The maximum Gasteiger partial charge on any atom is 0.255 e. The molecule has 0 atom stereocenters. The molecular weight excluding hydrogens is 299 g/mol. The summed E-state index contributed by atoms with van der Waals surface area (Å²) in [5.41, 5.74) is 6.83. The number of rotatable bonds is 3. The second-order valence-electron chi connectivity index (χ2n) is 4.04. The number of anilines is 2. The number of nitrogen functional groups attached to an aromatic ring is 1. The Balaban J connectivity index is 2.25. The highest BCUT2D eigenvalue weighted by molar-refractivity contribution is 6.37. The van der Waals surface area contributed by atoms with Gasteiger partial charge in [0.15, 0.2) is 0 Å². The summed E-state index contributed by atoms with van der Waals surface area (Å²) in [6.45, 7) is 0. The number of carbonyl (C=O) groups excluding carboxylic acids is 1. The third-order valence-corrected chi connectivity index (χ3v) is 3.31. The predicted molar refractivity (Wildman–Crippen MR) is 81.8 cm³/mol. The third-order valence-electron chi connectivity index (χ3n) is 2.67. The molecule has 0 unspecified atom stereocenters. The highest BCUT2D eigenvalue weighted by Crippen LogP contribution is 2.31. The zero-order valence-corrected chi connectivity index (χ0v) is 12.1. The summed E-state index contributed by atoms with van der Waals surface area (Å²) >= 11 is 11.9. The maximum absolute atomic E-state index is 12.1. The Morgan fingerprint density at radius 3 is 2.65 bits per heavy atom. The van der Waals surface area contributed by atoms with E-state index in [1.54, 1.807) is 24.3 Å². The van der Waals surface area contributed by atoms with Crippen LogP contribution in [0.25, 0.3) is 0 Å². The fraction of sp³-hybridized carbons (Fsp3) is 0.0714. The number of halogens is 2. The quantitative estimate of drug-likeness (QED) is 0.847. The van der Waals surface area contributed by atoms with Crippen molar-refractivity contribution in [2.75, 3.05) is 18.2 Å². The van der Waals surface area contributed by atoms with Crippen molar-refractivity contribution in [3.8, 4) is 5.75 Å². The summed E-state index contributed by atoms with van der Waals surface area (Å²) in [4.78, 5) is 12.1. The van der Waals surface area contributed by atoms with Crippen molar-refractivity contribution >= 4 is 40.5 Å².